The number of pyridine rings is 1. The Morgan fingerprint density at radius 2 is 1.66 bits per heavy atom. The second-order valence-corrected chi connectivity index (χ2v) is 7.29. The number of carbonyl (C=O) groups excluding carboxylic acids is 3. The van der Waals surface area contributed by atoms with E-state index in [0.29, 0.717) is 33.9 Å². The van der Waals surface area contributed by atoms with Crippen LogP contribution in [0.25, 0.3) is 0 Å². The smallest absolute Gasteiger partial charge is 0.255 e. The normalized spacial score (nSPS) is 12.5. The molecule has 0 saturated heterocycles. The highest BCUT2D eigenvalue weighted by Crippen LogP contribution is 2.32. The first-order chi connectivity index (χ1) is 14.1. The maximum Gasteiger partial charge on any atom is 0.255 e. The van der Waals surface area contributed by atoms with Crippen LogP contribution in [0.5, 0.6) is 0 Å². The van der Waals surface area contributed by atoms with E-state index in [4.69, 9.17) is 0 Å². The molecule has 0 spiro atoms. The first kappa shape index (κ1) is 18.7. The fourth-order valence-electron chi connectivity index (χ4n) is 2.77. The van der Waals surface area contributed by atoms with Crippen molar-refractivity contribution in [3.8, 4) is 0 Å². The second-order valence-electron chi connectivity index (χ2n) is 6.28. The van der Waals surface area contributed by atoms with Crippen LogP contribution in [0.15, 0.2) is 71.9 Å². The molecule has 0 fully saturated rings. The molecule has 2 aromatic carbocycles. The molecule has 0 radical (unpaired) electrons. The molecule has 0 atom stereocenters. The Morgan fingerprint density at radius 1 is 0.931 bits per heavy atom. The van der Waals surface area contributed by atoms with E-state index in [1.165, 1.54) is 11.8 Å². The van der Waals surface area contributed by atoms with E-state index < -0.39 is 0 Å². The molecule has 8 heteroatoms. The summed E-state index contributed by atoms with van der Waals surface area (Å²) in [7, 11) is 0. The number of rotatable bonds is 4. The highest BCUT2D eigenvalue weighted by atomic mass is 32.2. The zero-order chi connectivity index (χ0) is 20.2. The fraction of sp³-hybridized carbons (Fsp3) is 0.0476. The van der Waals surface area contributed by atoms with Crippen molar-refractivity contribution >= 4 is 46.5 Å². The number of anilines is 3. The number of hydrogen-bond acceptors (Lipinski definition) is 5. The number of amides is 3. The fourth-order valence-corrected chi connectivity index (χ4v) is 3.56. The van der Waals surface area contributed by atoms with Gasteiger partial charge in [-0.15, -0.1) is 11.8 Å². The minimum Gasteiger partial charge on any atom is -0.324 e. The van der Waals surface area contributed by atoms with Gasteiger partial charge in [-0.25, -0.2) is 0 Å². The number of nitrogens with one attached hydrogen (secondary N) is 3. The predicted octanol–water partition coefficient (Wildman–Crippen LogP) is 3.63. The van der Waals surface area contributed by atoms with Gasteiger partial charge < -0.3 is 16.0 Å². The van der Waals surface area contributed by atoms with Crippen LogP contribution in [0, 0.1) is 0 Å². The van der Waals surface area contributed by atoms with Gasteiger partial charge in [-0.3, -0.25) is 19.4 Å². The molecule has 144 valence electrons. The molecular weight excluding hydrogens is 388 g/mol. The lowest BCUT2D eigenvalue weighted by molar-refractivity contribution is -0.113. The Hall–Kier alpha value is -3.65. The summed E-state index contributed by atoms with van der Waals surface area (Å²) in [5.74, 6) is -0.275. The Morgan fingerprint density at radius 3 is 2.41 bits per heavy atom. The summed E-state index contributed by atoms with van der Waals surface area (Å²) >= 11 is 1.44. The molecule has 1 aliphatic rings. The third-order valence-electron chi connectivity index (χ3n) is 4.20. The number of aromatic nitrogens is 1. The molecule has 0 unspecified atom stereocenters. The number of benzene rings is 2. The Bertz CT molecular complexity index is 1080. The first-order valence-electron chi connectivity index (χ1n) is 8.78. The molecule has 3 N–H and O–H groups in total. The van der Waals surface area contributed by atoms with E-state index >= 15 is 0 Å². The maximum atomic E-state index is 12.5. The molecule has 3 amide bonds. The summed E-state index contributed by atoms with van der Waals surface area (Å²) in [5.41, 5.74) is 2.70. The molecule has 1 aromatic heterocycles. The first-order valence-corrected chi connectivity index (χ1v) is 9.76. The van der Waals surface area contributed by atoms with Crippen molar-refractivity contribution in [1.82, 2.24) is 4.98 Å². The van der Waals surface area contributed by atoms with Gasteiger partial charge in [0.05, 0.1) is 23.3 Å². The number of hydrogen-bond donors (Lipinski definition) is 3. The highest BCUT2D eigenvalue weighted by Gasteiger charge is 2.17. The van der Waals surface area contributed by atoms with Crippen LogP contribution in [0.4, 0.5) is 17.1 Å². The van der Waals surface area contributed by atoms with E-state index in [2.05, 4.69) is 20.9 Å². The lowest BCUT2D eigenvalue weighted by atomic mass is 10.1. The van der Waals surface area contributed by atoms with Crippen molar-refractivity contribution in [3.05, 3.63) is 78.1 Å². The average Bonchev–Trinajstić information content (AvgIpc) is 2.74. The van der Waals surface area contributed by atoms with Gasteiger partial charge in [0.2, 0.25) is 5.91 Å². The number of carbonyl (C=O) groups is 3. The molecule has 1 aliphatic heterocycles. The molecule has 0 aliphatic carbocycles. The minimum absolute atomic E-state index is 0.0831. The summed E-state index contributed by atoms with van der Waals surface area (Å²) in [4.78, 5) is 41.2. The van der Waals surface area contributed by atoms with Gasteiger partial charge in [0.25, 0.3) is 11.8 Å². The van der Waals surface area contributed by atoms with E-state index in [-0.39, 0.29) is 17.7 Å². The molecular formula is C21H16N4O3S. The topological polar surface area (TPSA) is 100 Å². The summed E-state index contributed by atoms with van der Waals surface area (Å²) in [5, 5.41) is 8.31. The third-order valence-corrected chi connectivity index (χ3v) is 5.27. The van der Waals surface area contributed by atoms with Gasteiger partial charge in [-0.05, 0) is 54.6 Å². The van der Waals surface area contributed by atoms with Gasteiger partial charge in [0, 0.05) is 27.9 Å². The van der Waals surface area contributed by atoms with Crippen LogP contribution in [0.2, 0.25) is 0 Å². The highest BCUT2D eigenvalue weighted by molar-refractivity contribution is 8.00. The van der Waals surface area contributed by atoms with Crippen LogP contribution in [0.3, 0.4) is 0 Å². The minimum atomic E-state index is -0.301. The summed E-state index contributed by atoms with van der Waals surface area (Å²) < 4.78 is 0. The van der Waals surface area contributed by atoms with Crippen molar-refractivity contribution in [2.24, 2.45) is 0 Å². The second kappa shape index (κ2) is 8.15. The van der Waals surface area contributed by atoms with Gasteiger partial charge in [-0.1, -0.05) is 0 Å². The number of fused-ring (bicyclic) bond motifs is 1. The molecule has 0 saturated carbocycles. The Kier molecular flexibility index (Phi) is 5.26. The molecule has 3 aromatic rings. The van der Waals surface area contributed by atoms with Crippen LogP contribution >= 0.6 is 11.8 Å². The van der Waals surface area contributed by atoms with Crippen LogP contribution in [-0.2, 0) is 4.79 Å². The van der Waals surface area contributed by atoms with Crippen molar-refractivity contribution in [2.45, 2.75) is 4.90 Å². The van der Waals surface area contributed by atoms with Crippen molar-refractivity contribution in [2.75, 3.05) is 21.7 Å². The molecule has 7 nitrogen and oxygen atoms in total. The summed E-state index contributed by atoms with van der Waals surface area (Å²) in [6, 6.07) is 15.3. The van der Waals surface area contributed by atoms with Crippen LogP contribution < -0.4 is 16.0 Å². The number of thioether (sulfide) groups is 1. The molecule has 2 heterocycles. The van der Waals surface area contributed by atoms with E-state index in [1.54, 1.807) is 60.9 Å². The molecule has 29 heavy (non-hydrogen) atoms. The monoisotopic (exact) mass is 404 g/mol. The van der Waals surface area contributed by atoms with Gasteiger partial charge in [-0.2, -0.15) is 0 Å². The lowest BCUT2D eigenvalue weighted by Crippen LogP contribution is -2.20. The molecule has 4 rings (SSSR count). The van der Waals surface area contributed by atoms with E-state index in [9.17, 15) is 14.4 Å². The van der Waals surface area contributed by atoms with Crippen molar-refractivity contribution < 1.29 is 14.4 Å². The number of nitrogens with zero attached hydrogens (tertiary/aromatic N) is 1. The van der Waals surface area contributed by atoms with E-state index in [1.807, 2.05) is 6.07 Å². The van der Waals surface area contributed by atoms with Crippen LogP contribution in [0.1, 0.15) is 20.7 Å². The average molecular weight is 404 g/mol. The van der Waals surface area contributed by atoms with E-state index in [0.717, 1.165) is 4.90 Å². The van der Waals surface area contributed by atoms with Crippen molar-refractivity contribution in [1.29, 1.82) is 0 Å². The molecule has 0 bridgehead atoms. The van der Waals surface area contributed by atoms with Crippen LogP contribution in [-0.4, -0.2) is 28.5 Å². The van der Waals surface area contributed by atoms with Gasteiger partial charge in [0.15, 0.2) is 0 Å². The van der Waals surface area contributed by atoms with Gasteiger partial charge in [0.1, 0.15) is 0 Å². The predicted molar refractivity (Wildman–Crippen MR) is 112 cm³/mol. The van der Waals surface area contributed by atoms with Crippen molar-refractivity contribution in [3.63, 3.8) is 0 Å². The quantitative estimate of drug-likeness (QED) is 0.617. The Balaban J connectivity index is 1.42. The lowest BCUT2D eigenvalue weighted by Gasteiger charge is -2.17. The summed E-state index contributed by atoms with van der Waals surface area (Å²) in [6.07, 6.45) is 3.19. The zero-order valence-corrected chi connectivity index (χ0v) is 16.0. The standard InChI is InChI=1S/C21H16N4O3S/c26-19-12-29-18-8-5-14(10-17(18)25-19)21(28)23-15-6-3-13(4-7-15)20(27)24-16-2-1-9-22-11-16/h1-11H,12H2,(H,23,28)(H,24,27)(H,25,26). The largest absolute Gasteiger partial charge is 0.324 e. The SMILES string of the molecule is O=C1CSc2ccc(C(=O)Nc3ccc(C(=O)Nc4cccnc4)cc3)cc2N1. The zero-order valence-electron chi connectivity index (χ0n) is 15.1. The third kappa shape index (κ3) is 4.44. The van der Waals surface area contributed by atoms with Gasteiger partial charge >= 0.3 is 0 Å². The summed E-state index contributed by atoms with van der Waals surface area (Å²) in [6.45, 7) is 0. The Labute approximate surface area is 170 Å². The maximum absolute atomic E-state index is 12.5.